The molecule has 5 atom stereocenters. The van der Waals surface area contributed by atoms with Crippen LogP contribution in [0.25, 0.3) is 10.9 Å². The number of esters is 1. The molecule has 1 aromatic heterocycles. The van der Waals surface area contributed by atoms with Crippen molar-refractivity contribution in [3.8, 4) is 0 Å². The van der Waals surface area contributed by atoms with E-state index in [0.29, 0.717) is 11.8 Å². The minimum Gasteiger partial charge on any atom is -0.451 e. The molecule has 6 rings (SSSR count). The van der Waals surface area contributed by atoms with Crippen molar-refractivity contribution < 1.29 is 23.5 Å². The zero-order valence-electron chi connectivity index (χ0n) is 24.4. The fourth-order valence-electron chi connectivity index (χ4n) is 6.81. The molecule has 1 unspecified atom stereocenters. The van der Waals surface area contributed by atoms with Gasteiger partial charge in [-0.15, -0.1) is 6.58 Å². The fourth-order valence-corrected chi connectivity index (χ4v) is 6.81. The maximum atomic E-state index is 13.4. The van der Waals surface area contributed by atoms with Gasteiger partial charge in [0.05, 0.1) is 25.0 Å². The number of carbonyl (C=O) groups is 2. The Balaban J connectivity index is 1.46. The number of pyridine rings is 1. The molecule has 0 aliphatic carbocycles. The third-order valence-electron chi connectivity index (χ3n) is 8.61. The molecule has 0 saturated carbocycles. The molecular formula is C34H42N3O4+. The Morgan fingerprint density at radius 2 is 1.88 bits per heavy atom. The summed E-state index contributed by atoms with van der Waals surface area (Å²) in [6.07, 6.45) is 5.10. The monoisotopic (exact) mass is 556 g/mol. The number of ether oxygens (including phenoxy) is 2. The van der Waals surface area contributed by atoms with Crippen LogP contribution in [-0.4, -0.2) is 52.8 Å². The number of hydrogen-bond acceptors (Lipinski definition) is 5. The molecule has 1 N–H and O–H groups in total. The van der Waals surface area contributed by atoms with Gasteiger partial charge in [-0.25, -0.2) is 4.79 Å². The summed E-state index contributed by atoms with van der Waals surface area (Å²) in [7, 11) is 0. The topological polar surface area (TPSA) is 77.5 Å². The summed E-state index contributed by atoms with van der Waals surface area (Å²) in [5.74, 6) is 0.608. The van der Waals surface area contributed by atoms with E-state index < -0.39 is 17.8 Å². The normalized spacial score (nSPS) is 24.4. The highest BCUT2D eigenvalue weighted by atomic mass is 16.6. The van der Waals surface area contributed by atoms with E-state index >= 15 is 0 Å². The Labute approximate surface area is 243 Å². The van der Waals surface area contributed by atoms with Gasteiger partial charge in [0, 0.05) is 48.0 Å². The Bertz CT molecular complexity index is 1380. The van der Waals surface area contributed by atoms with Gasteiger partial charge in [-0.05, 0) is 38.8 Å². The zero-order chi connectivity index (χ0) is 29.0. The number of fused-ring (bicyclic) bond motifs is 4. The van der Waals surface area contributed by atoms with E-state index in [1.54, 1.807) is 0 Å². The lowest BCUT2D eigenvalue weighted by atomic mass is 9.71. The highest BCUT2D eigenvalue weighted by Gasteiger charge is 2.55. The molecule has 7 heteroatoms. The number of benzene rings is 2. The van der Waals surface area contributed by atoms with Crippen molar-refractivity contribution in [3.05, 3.63) is 90.6 Å². The molecular weight excluding hydrogens is 514 g/mol. The maximum absolute atomic E-state index is 13.4. The first-order valence-corrected chi connectivity index (χ1v) is 14.7. The highest BCUT2D eigenvalue weighted by molar-refractivity contribution is 5.83. The lowest BCUT2D eigenvalue weighted by Crippen LogP contribution is -2.67. The second-order valence-corrected chi connectivity index (χ2v) is 12.5. The molecule has 41 heavy (non-hydrogen) atoms. The third kappa shape index (κ3) is 6.62. The number of amides is 1. The molecule has 3 saturated heterocycles. The van der Waals surface area contributed by atoms with Crippen molar-refractivity contribution in [2.75, 3.05) is 19.6 Å². The van der Waals surface area contributed by atoms with Crippen LogP contribution in [0.2, 0.25) is 0 Å². The second-order valence-electron chi connectivity index (χ2n) is 12.5. The SMILES string of the molecule is C=C[C@H]1C[N+]2(Cc3ccccc3)CC[C@H]1C[C@@H]2[C@@H](OC(=O)CCNC(=O)OC(C)(C)C)c1ccnc2ccccc12. The molecule has 3 fully saturated rings. The van der Waals surface area contributed by atoms with Crippen molar-refractivity contribution in [1.29, 1.82) is 0 Å². The number of nitrogens with zero attached hydrogens (tertiary/aromatic N) is 2. The Morgan fingerprint density at radius 1 is 1.12 bits per heavy atom. The molecule has 2 bridgehead atoms. The fraction of sp³-hybridized carbons (Fsp3) is 0.441. The van der Waals surface area contributed by atoms with Crippen molar-refractivity contribution in [1.82, 2.24) is 10.3 Å². The van der Waals surface area contributed by atoms with Crippen LogP contribution in [0.5, 0.6) is 0 Å². The van der Waals surface area contributed by atoms with E-state index in [2.05, 4.69) is 59.4 Å². The van der Waals surface area contributed by atoms with Gasteiger partial charge < -0.3 is 19.3 Å². The number of carbonyl (C=O) groups excluding carboxylic acids is 2. The number of hydrogen-bond donors (Lipinski definition) is 1. The van der Waals surface area contributed by atoms with Crippen LogP contribution in [0.15, 0.2) is 79.5 Å². The smallest absolute Gasteiger partial charge is 0.407 e. The zero-order valence-corrected chi connectivity index (χ0v) is 24.4. The molecule has 0 spiro atoms. The van der Waals surface area contributed by atoms with Crippen LogP contribution in [0.1, 0.15) is 57.3 Å². The first-order chi connectivity index (χ1) is 19.7. The van der Waals surface area contributed by atoms with Gasteiger partial charge in [-0.1, -0.05) is 54.6 Å². The van der Waals surface area contributed by atoms with E-state index in [4.69, 9.17) is 9.47 Å². The van der Waals surface area contributed by atoms with Crippen LogP contribution in [0.4, 0.5) is 4.79 Å². The summed E-state index contributed by atoms with van der Waals surface area (Å²) in [5, 5.41) is 3.69. The minimum atomic E-state index is -0.604. The molecule has 4 heterocycles. The number of rotatable bonds is 9. The van der Waals surface area contributed by atoms with Crippen LogP contribution < -0.4 is 5.32 Å². The van der Waals surface area contributed by atoms with E-state index in [0.717, 1.165) is 53.4 Å². The van der Waals surface area contributed by atoms with Gasteiger partial charge in [0.2, 0.25) is 0 Å². The molecule has 3 aromatic rings. The van der Waals surface area contributed by atoms with Gasteiger partial charge in [-0.3, -0.25) is 9.78 Å². The van der Waals surface area contributed by atoms with Gasteiger partial charge >= 0.3 is 12.1 Å². The quantitative estimate of drug-likeness (QED) is 0.189. The number of quaternary nitrogens is 1. The lowest BCUT2D eigenvalue weighted by Gasteiger charge is -2.58. The molecule has 1 amide bonds. The van der Waals surface area contributed by atoms with Crippen LogP contribution in [0, 0.1) is 11.8 Å². The Morgan fingerprint density at radius 3 is 2.63 bits per heavy atom. The summed E-state index contributed by atoms with van der Waals surface area (Å²) in [4.78, 5) is 30.1. The van der Waals surface area contributed by atoms with Crippen molar-refractivity contribution in [2.45, 2.75) is 64.3 Å². The summed E-state index contributed by atoms with van der Waals surface area (Å²) >= 11 is 0. The average molecular weight is 557 g/mol. The maximum Gasteiger partial charge on any atom is 0.407 e. The summed E-state index contributed by atoms with van der Waals surface area (Å²) in [6.45, 7) is 12.6. The largest absolute Gasteiger partial charge is 0.451 e. The summed E-state index contributed by atoms with van der Waals surface area (Å²) in [5.41, 5.74) is 2.55. The van der Waals surface area contributed by atoms with E-state index in [1.807, 2.05) is 51.2 Å². The summed E-state index contributed by atoms with van der Waals surface area (Å²) in [6, 6.07) is 20.8. The summed E-state index contributed by atoms with van der Waals surface area (Å²) < 4.78 is 12.6. The Kier molecular flexibility index (Phi) is 8.45. The van der Waals surface area contributed by atoms with Gasteiger partial charge in [0.15, 0.2) is 6.10 Å². The van der Waals surface area contributed by atoms with Crippen molar-refractivity contribution >= 4 is 23.0 Å². The molecule has 216 valence electrons. The Hall–Kier alpha value is -3.71. The predicted octanol–water partition coefficient (Wildman–Crippen LogP) is 6.35. The molecule has 7 nitrogen and oxygen atoms in total. The van der Waals surface area contributed by atoms with Crippen molar-refractivity contribution in [3.63, 3.8) is 0 Å². The van der Waals surface area contributed by atoms with E-state index in [-0.39, 0.29) is 25.0 Å². The van der Waals surface area contributed by atoms with Gasteiger partial charge in [-0.2, -0.15) is 0 Å². The van der Waals surface area contributed by atoms with Gasteiger partial charge in [0.25, 0.3) is 0 Å². The molecule has 3 aliphatic heterocycles. The predicted molar refractivity (Wildman–Crippen MR) is 160 cm³/mol. The van der Waals surface area contributed by atoms with E-state index in [1.165, 1.54) is 5.56 Å². The van der Waals surface area contributed by atoms with Crippen LogP contribution in [-0.2, 0) is 20.8 Å². The molecule has 3 aliphatic rings. The lowest BCUT2D eigenvalue weighted by molar-refractivity contribution is -0.984. The highest BCUT2D eigenvalue weighted by Crippen LogP contribution is 2.49. The number of aromatic nitrogens is 1. The number of alkyl carbamates (subject to hydrolysis) is 1. The van der Waals surface area contributed by atoms with Crippen molar-refractivity contribution in [2.24, 2.45) is 11.8 Å². The van der Waals surface area contributed by atoms with E-state index in [9.17, 15) is 9.59 Å². The average Bonchev–Trinajstić information content (AvgIpc) is 2.95. The molecule has 2 aromatic carbocycles. The molecule has 0 radical (unpaired) electrons. The number of para-hydroxylation sites is 1. The third-order valence-corrected chi connectivity index (χ3v) is 8.61. The standard InChI is InChI=1S/C34H41N3O4/c1-5-25-23-37(22-24-11-7-6-8-12-24)20-17-26(25)21-30(37)32(28-15-18-35-29-14-10-9-13-27(28)29)40-31(38)16-19-36-33(39)41-34(2,3)4/h5-15,18,25-26,30,32H,1,16-17,19-23H2,2-4H3/p+1/t25-,26-,30+,32-,37?/m0/s1. The minimum absolute atomic E-state index is 0.0584. The number of piperidine rings is 3. The second kappa shape index (κ2) is 12.0. The van der Waals surface area contributed by atoms with Crippen LogP contribution >= 0.6 is 0 Å². The first kappa shape index (κ1) is 28.8. The number of nitrogens with one attached hydrogen (secondary N) is 1. The van der Waals surface area contributed by atoms with Gasteiger partial charge in [0.1, 0.15) is 18.2 Å². The first-order valence-electron chi connectivity index (χ1n) is 14.7. The van der Waals surface area contributed by atoms with Crippen LogP contribution in [0.3, 0.4) is 0 Å².